The molecule has 1 saturated heterocycles. The molecule has 4 rings (SSSR count). The topological polar surface area (TPSA) is 71.7 Å². The summed E-state index contributed by atoms with van der Waals surface area (Å²) in [5, 5.41) is 12.3. The minimum absolute atomic E-state index is 0.584. The van der Waals surface area contributed by atoms with E-state index < -0.39 is 0 Å². The van der Waals surface area contributed by atoms with Crippen molar-refractivity contribution in [3.63, 3.8) is 0 Å². The number of ether oxygens (including phenoxy) is 1. The molecule has 0 N–H and O–H groups in total. The third-order valence-electron chi connectivity index (χ3n) is 4.41. The molecule has 0 bridgehead atoms. The van der Waals surface area contributed by atoms with Gasteiger partial charge in [-0.15, -0.1) is 5.10 Å². The van der Waals surface area contributed by atoms with Crippen molar-refractivity contribution < 1.29 is 4.74 Å². The molecule has 0 aromatic carbocycles. The van der Waals surface area contributed by atoms with Gasteiger partial charge in [0.05, 0.1) is 11.9 Å². The van der Waals surface area contributed by atoms with Crippen LogP contribution in [-0.4, -0.2) is 69.0 Å². The van der Waals surface area contributed by atoms with Crippen molar-refractivity contribution in [3.8, 4) is 5.88 Å². The second-order valence-electron chi connectivity index (χ2n) is 6.10. The van der Waals surface area contributed by atoms with Crippen LogP contribution < -0.4 is 9.64 Å². The molecule has 1 fully saturated rings. The van der Waals surface area contributed by atoms with Gasteiger partial charge in [0.15, 0.2) is 5.82 Å². The van der Waals surface area contributed by atoms with Crippen molar-refractivity contribution in [1.29, 1.82) is 0 Å². The van der Waals surface area contributed by atoms with Crippen molar-refractivity contribution in [2.24, 2.45) is 0 Å². The predicted molar refractivity (Wildman–Crippen MR) is 93.9 cm³/mol. The molecule has 3 aromatic heterocycles. The molecule has 8 nitrogen and oxygen atoms in total. The molecule has 25 heavy (non-hydrogen) atoms. The lowest BCUT2D eigenvalue weighted by atomic mass is 10.3. The maximum absolute atomic E-state index is 5.67. The van der Waals surface area contributed by atoms with Crippen molar-refractivity contribution in [2.75, 3.05) is 44.2 Å². The van der Waals surface area contributed by atoms with Gasteiger partial charge in [-0.1, -0.05) is 0 Å². The van der Waals surface area contributed by atoms with E-state index in [4.69, 9.17) is 4.74 Å². The molecule has 0 amide bonds. The van der Waals surface area contributed by atoms with E-state index >= 15 is 0 Å². The van der Waals surface area contributed by atoms with Crippen molar-refractivity contribution in [1.82, 2.24) is 29.7 Å². The number of fused-ring (bicyclic) bond motifs is 1. The molecule has 0 radical (unpaired) electrons. The first kappa shape index (κ1) is 15.8. The second kappa shape index (κ2) is 7.02. The van der Waals surface area contributed by atoms with Gasteiger partial charge in [-0.25, -0.2) is 9.50 Å². The zero-order valence-corrected chi connectivity index (χ0v) is 14.2. The van der Waals surface area contributed by atoms with Crippen LogP contribution in [0.1, 0.15) is 5.69 Å². The summed E-state index contributed by atoms with van der Waals surface area (Å²) in [6.07, 6.45) is 5.49. The Labute approximate surface area is 146 Å². The van der Waals surface area contributed by atoms with Crippen LogP contribution in [0.2, 0.25) is 0 Å². The first-order valence-corrected chi connectivity index (χ1v) is 8.48. The maximum atomic E-state index is 5.67. The number of piperazine rings is 1. The Hall–Kier alpha value is -2.74. The standard InChI is InChI=1S/C17H21N7O/c1-14-2-3-16(21-20-14)25-13-12-22-8-10-23(11-9-22)17-15-4-5-19-24(15)7-6-18-17/h2-7H,8-13H2,1H3. The summed E-state index contributed by atoms with van der Waals surface area (Å²) in [6.45, 7) is 7.28. The third-order valence-corrected chi connectivity index (χ3v) is 4.41. The molecule has 0 aliphatic carbocycles. The molecule has 0 saturated carbocycles. The van der Waals surface area contributed by atoms with Gasteiger partial charge in [-0.2, -0.15) is 10.2 Å². The highest BCUT2D eigenvalue weighted by Gasteiger charge is 2.19. The van der Waals surface area contributed by atoms with Gasteiger partial charge in [-0.3, -0.25) is 4.90 Å². The minimum atomic E-state index is 0.584. The largest absolute Gasteiger partial charge is 0.475 e. The van der Waals surface area contributed by atoms with Crippen LogP contribution in [0.25, 0.3) is 5.52 Å². The predicted octanol–water partition coefficient (Wildman–Crippen LogP) is 1.03. The number of hydrogen-bond acceptors (Lipinski definition) is 7. The van der Waals surface area contributed by atoms with Gasteiger partial charge in [0.2, 0.25) is 5.88 Å². The number of aryl methyl sites for hydroxylation is 1. The van der Waals surface area contributed by atoms with Crippen LogP contribution in [0.5, 0.6) is 5.88 Å². The highest BCUT2D eigenvalue weighted by Crippen LogP contribution is 2.19. The molecule has 3 aromatic rings. The van der Waals surface area contributed by atoms with E-state index in [-0.39, 0.29) is 0 Å². The van der Waals surface area contributed by atoms with Crippen LogP contribution in [-0.2, 0) is 0 Å². The van der Waals surface area contributed by atoms with Gasteiger partial charge in [0.1, 0.15) is 12.1 Å². The Morgan fingerprint density at radius 3 is 2.72 bits per heavy atom. The van der Waals surface area contributed by atoms with Crippen LogP contribution in [0.3, 0.4) is 0 Å². The van der Waals surface area contributed by atoms with E-state index in [1.54, 1.807) is 6.20 Å². The monoisotopic (exact) mass is 339 g/mol. The fraction of sp³-hybridized carbons (Fsp3) is 0.412. The van der Waals surface area contributed by atoms with Crippen molar-refractivity contribution in [2.45, 2.75) is 6.92 Å². The summed E-state index contributed by atoms with van der Waals surface area (Å²) in [5.74, 6) is 1.59. The summed E-state index contributed by atoms with van der Waals surface area (Å²) >= 11 is 0. The zero-order chi connectivity index (χ0) is 17.1. The SMILES string of the molecule is Cc1ccc(OCCN2CCN(c3nccn4nccc34)CC2)nn1. The van der Waals surface area contributed by atoms with Crippen molar-refractivity contribution >= 4 is 11.3 Å². The summed E-state index contributed by atoms with van der Waals surface area (Å²) in [6, 6.07) is 5.77. The molecular weight excluding hydrogens is 318 g/mol. The second-order valence-corrected chi connectivity index (χ2v) is 6.10. The first-order chi connectivity index (χ1) is 12.3. The molecule has 4 heterocycles. The lowest BCUT2D eigenvalue weighted by molar-refractivity contribution is 0.196. The lowest BCUT2D eigenvalue weighted by Crippen LogP contribution is -2.47. The fourth-order valence-electron chi connectivity index (χ4n) is 3.01. The van der Waals surface area contributed by atoms with E-state index in [9.17, 15) is 0 Å². The lowest BCUT2D eigenvalue weighted by Gasteiger charge is -2.35. The Morgan fingerprint density at radius 2 is 1.92 bits per heavy atom. The van der Waals surface area contributed by atoms with Gasteiger partial charge >= 0.3 is 0 Å². The van der Waals surface area contributed by atoms with Crippen LogP contribution in [0.4, 0.5) is 5.82 Å². The number of anilines is 1. The van der Waals surface area contributed by atoms with Crippen molar-refractivity contribution in [3.05, 3.63) is 42.5 Å². The number of hydrogen-bond donors (Lipinski definition) is 0. The van der Waals surface area contributed by atoms with Gasteiger partial charge in [0, 0.05) is 51.2 Å². The summed E-state index contributed by atoms with van der Waals surface area (Å²) in [7, 11) is 0. The summed E-state index contributed by atoms with van der Waals surface area (Å²) in [4.78, 5) is 9.26. The molecule has 1 aliphatic rings. The Morgan fingerprint density at radius 1 is 1.04 bits per heavy atom. The van der Waals surface area contributed by atoms with E-state index in [1.807, 2.05) is 42.0 Å². The first-order valence-electron chi connectivity index (χ1n) is 8.48. The quantitative estimate of drug-likeness (QED) is 0.687. The molecule has 8 heteroatoms. The van der Waals surface area contributed by atoms with E-state index in [0.29, 0.717) is 12.5 Å². The number of rotatable bonds is 5. The summed E-state index contributed by atoms with van der Waals surface area (Å²) < 4.78 is 7.54. The normalized spacial score (nSPS) is 15.6. The van der Waals surface area contributed by atoms with Crippen LogP contribution in [0.15, 0.2) is 36.8 Å². The molecule has 1 aliphatic heterocycles. The van der Waals surface area contributed by atoms with Crippen LogP contribution >= 0.6 is 0 Å². The van der Waals surface area contributed by atoms with Crippen LogP contribution in [0, 0.1) is 6.92 Å². The molecule has 0 atom stereocenters. The van der Waals surface area contributed by atoms with Gasteiger partial charge in [-0.05, 0) is 19.1 Å². The highest BCUT2D eigenvalue weighted by molar-refractivity contribution is 5.68. The smallest absolute Gasteiger partial charge is 0.233 e. The maximum Gasteiger partial charge on any atom is 0.233 e. The average Bonchev–Trinajstić information content (AvgIpc) is 3.13. The molecular formula is C17H21N7O. The van der Waals surface area contributed by atoms with E-state index in [1.165, 1.54) is 0 Å². The third kappa shape index (κ3) is 3.53. The number of nitrogens with zero attached hydrogens (tertiary/aromatic N) is 7. The Balaban J connectivity index is 1.28. The highest BCUT2D eigenvalue weighted by atomic mass is 16.5. The van der Waals surface area contributed by atoms with E-state index in [0.717, 1.165) is 49.8 Å². The molecule has 0 unspecified atom stereocenters. The molecule has 130 valence electrons. The Kier molecular flexibility index (Phi) is 4.43. The average molecular weight is 339 g/mol. The zero-order valence-electron chi connectivity index (χ0n) is 14.2. The van der Waals surface area contributed by atoms with Gasteiger partial charge in [0.25, 0.3) is 0 Å². The number of aromatic nitrogens is 5. The summed E-state index contributed by atoms with van der Waals surface area (Å²) in [5.41, 5.74) is 1.95. The van der Waals surface area contributed by atoms with E-state index in [2.05, 4.69) is 30.1 Å². The van der Waals surface area contributed by atoms with Gasteiger partial charge < -0.3 is 9.64 Å². The fourth-order valence-corrected chi connectivity index (χ4v) is 3.01. The Bertz CT molecular complexity index is 824. The minimum Gasteiger partial charge on any atom is -0.475 e. The molecule has 0 spiro atoms.